The van der Waals surface area contributed by atoms with E-state index in [-0.39, 0.29) is 17.7 Å². The van der Waals surface area contributed by atoms with Gasteiger partial charge >= 0.3 is 0 Å². The monoisotopic (exact) mass is 272 g/mol. The molecule has 6 heteroatoms. The summed E-state index contributed by atoms with van der Waals surface area (Å²) in [7, 11) is 0. The Bertz CT molecular complexity index is 649. The summed E-state index contributed by atoms with van der Waals surface area (Å²) in [4.78, 5) is 16.4. The first-order valence-corrected chi connectivity index (χ1v) is 6.23. The summed E-state index contributed by atoms with van der Waals surface area (Å²) in [5, 5.41) is 15.1. The van der Waals surface area contributed by atoms with E-state index in [9.17, 15) is 4.79 Å². The van der Waals surface area contributed by atoms with Crippen LogP contribution in [0.5, 0.6) is 0 Å². The third-order valence-electron chi connectivity index (χ3n) is 3.08. The molecule has 0 aliphatic carbocycles. The van der Waals surface area contributed by atoms with Crippen molar-refractivity contribution in [3.8, 4) is 0 Å². The van der Waals surface area contributed by atoms with Crippen LogP contribution in [0, 0.1) is 5.92 Å². The number of nitrogens with one attached hydrogen (secondary N) is 1. The summed E-state index contributed by atoms with van der Waals surface area (Å²) in [6.07, 6.45) is 1.69. The molecule has 1 aromatic carbocycles. The zero-order valence-corrected chi connectivity index (χ0v) is 11.1. The van der Waals surface area contributed by atoms with E-state index >= 15 is 0 Å². The molecule has 1 atom stereocenters. The number of hydrogen-bond donors (Lipinski definition) is 3. The molecule has 1 heterocycles. The van der Waals surface area contributed by atoms with Gasteiger partial charge in [0.25, 0.3) is 5.91 Å². The fraction of sp³-hybridized carbons (Fsp3) is 0.214. The molecule has 2 rings (SSSR count). The first-order chi connectivity index (χ1) is 9.63. The maximum Gasteiger partial charge on any atom is 0.251 e. The number of aromatic nitrogens is 1. The molecule has 4 N–H and O–H groups in total. The van der Waals surface area contributed by atoms with E-state index in [0.717, 1.165) is 10.9 Å². The summed E-state index contributed by atoms with van der Waals surface area (Å²) < 4.78 is 0. The zero-order valence-electron chi connectivity index (χ0n) is 11.1. The largest absolute Gasteiger partial charge is 0.409 e. The molecule has 0 radical (unpaired) electrons. The van der Waals surface area contributed by atoms with Gasteiger partial charge in [-0.1, -0.05) is 24.2 Å². The Hall–Kier alpha value is -2.63. The van der Waals surface area contributed by atoms with Crippen molar-refractivity contribution in [3.63, 3.8) is 0 Å². The maximum atomic E-state index is 12.2. The highest BCUT2D eigenvalue weighted by Gasteiger charge is 2.13. The van der Waals surface area contributed by atoms with E-state index in [4.69, 9.17) is 10.9 Å². The second-order valence-corrected chi connectivity index (χ2v) is 4.51. The van der Waals surface area contributed by atoms with Crippen molar-refractivity contribution in [1.82, 2.24) is 10.3 Å². The molecule has 0 saturated carbocycles. The topological polar surface area (TPSA) is 101 Å². The maximum absolute atomic E-state index is 12.2. The molecule has 1 aromatic heterocycles. The summed E-state index contributed by atoms with van der Waals surface area (Å²) in [5.41, 5.74) is 6.80. The highest BCUT2D eigenvalue weighted by Crippen LogP contribution is 2.16. The SMILES string of the molecule is CC(CNC(=O)c1cccc2ncccc12)C(N)=NO. The van der Waals surface area contributed by atoms with Gasteiger partial charge in [0.2, 0.25) is 0 Å². The van der Waals surface area contributed by atoms with Gasteiger partial charge in [0, 0.05) is 29.6 Å². The van der Waals surface area contributed by atoms with Gasteiger partial charge in [-0.3, -0.25) is 9.78 Å². The number of nitrogens with zero attached hydrogens (tertiary/aromatic N) is 2. The number of amides is 1. The summed E-state index contributed by atoms with van der Waals surface area (Å²) in [5.74, 6) is -0.358. The average Bonchev–Trinajstić information content (AvgIpc) is 2.50. The lowest BCUT2D eigenvalue weighted by molar-refractivity contribution is 0.0952. The summed E-state index contributed by atoms with van der Waals surface area (Å²) in [6.45, 7) is 2.06. The van der Waals surface area contributed by atoms with E-state index < -0.39 is 0 Å². The molecule has 0 aliphatic rings. The minimum absolute atomic E-state index is 0.0879. The molecule has 0 spiro atoms. The fourth-order valence-electron chi connectivity index (χ4n) is 1.85. The minimum Gasteiger partial charge on any atom is -0.409 e. The molecule has 0 fully saturated rings. The third kappa shape index (κ3) is 2.85. The molecule has 0 aliphatic heterocycles. The van der Waals surface area contributed by atoms with Crippen LogP contribution >= 0.6 is 0 Å². The Morgan fingerprint density at radius 3 is 3.00 bits per heavy atom. The van der Waals surface area contributed by atoms with Gasteiger partial charge in [0.1, 0.15) is 5.84 Å². The highest BCUT2D eigenvalue weighted by molar-refractivity contribution is 6.06. The van der Waals surface area contributed by atoms with Crippen LogP contribution in [0.15, 0.2) is 41.7 Å². The first-order valence-electron chi connectivity index (χ1n) is 6.23. The normalized spacial score (nSPS) is 13.2. The molecular weight excluding hydrogens is 256 g/mol. The molecular formula is C14H16N4O2. The van der Waals surface area contributed by atoms with Crippen LogP contribution < -0.4 is 11.1 Å². The summed E-state index contributed by atoms with van der Waals surface area (Å²) in [6, 6.07) is 9.03. The van der Waals surface area contributed by atoms with E-state index in [2.05, 4.69) is 15.5 Å². The van der Waals surface area contributed by atoms with Gasteiger partial charge in [-0.25, -0.2) is 0 Å². The standard InChI is InChI=1S/C14H16N4O2/c1-9(13(15)18-20)8-17-14(19)11-4-2-6-12-10(11)5-3-7-16-12/h2-7,9,20H,8H2,1H3,(H2,15,18)(H,17,19). The van der Waals surface area contributed by atoms with Crippen molar-refractivity contribution < 1.29 is 10.0 Å². The van der Waals surface area contributed by atoms with Gasteiger partial charge in [-0.05, 0) is 18.2 Å². The predicted molar refractivity (Wildman–Crippen MR) is 76.6 cm³/mol. The quantitative estimate of drug-likeness (QED) is 0.338. The first kappa shape index (κ1) is 13.8. The van der Waals surface area contributed by atoms with E-state index in [0.29, 0.717) is 12.1 Å². The van der Waals surface area contributed by atoms with Crippen molar-refractivity contribution in [3.05, 3.63) is 42.1 Å². The Balaban J connectivity index is 2.16. The average molecular weight is 272 g/mol. The van der Waals surface area contributed by atoms with E-state index in [1.165, 1.54) is 0 Å². The smallest absolute Gasteiger partial charge is 0.251 e. The number of nitrogens with two attached hydrogens (primary N) is 1. The van der Waals surface area contributed by atoms with Gasteiger partial charge < -0.3 is 16.3 Å². The molecule has 0 bridgehead atoms. The second-order valence-electron chi connectivity index (χ2n) is 4.51. The van der Waals surface area contributed by atoms with Gasteiger partial charge in [0.05, 0.1) is 5.52 Å². The van der Waals surface area contributed by atoms with Crippen molar-refractivity contribution >= 4 is 22.6 Å². The van der Waals surface area contributed by atoms with Crippen LogP contribution in [-0.4, -0.2) is 28.5 Å². The molecule has 6 nitrogen and oxygen atoms in total. The molecule has 1 amide bonds. The second kappa shape index (κ2) is 6.01. The van der Waals surface area contributed by atoms with Crippen molar-refractivity contribution in [1.29, 1.82) is 0 Å². The number of fused-ring (bicyclic) bond motifs is 1. The Morgan fingerprint density at radius 2 is 2.25 bits per heavy atom. The minimum atomic E-state index is -0.239. The molecule has 1 unspecified atom stereocenters. The van der Waals surface area contributed by atoms with Gasteiger partial charge in [-0.15, -0.1) is 0 Å². The van der Waals surface area contributed by atoms with Gasteiger partial charge in [-0.2, -0.15) is 0 Å². The highest BCUT2D eigenvalue weighted by atomic mass is 16.4. The number of carbonyl (C=O) groups excluding carboxylic acids is 1. The summed E-state index contributed by atoms with van der Waals surface area (Å²) >= 11 is 0. The van der Waals surface area contributed by atoms with E-state index in [1.807, 2.05) is 12.1 Å². The predicted octanol–water partition coefficient (Wildman–Crippen LogP) is 1.35. The lowest BCUT2D eigenvalue weighted by Crippen LogP contribution is -2.34. The van der Waals surface area contributed by atoms with Crippen LogP contribution in [0.25, 0.3) is 10.9 Å². The van der Waals surface area contributed by atoms with Gasteiger partial charge in [0.15, 0.2) is 0 Å². The van der Waals surface area contributed by atoms with Crippen molar-refractivity contribution in [2.24, 2.45) is 16.8 Å². The lowest BCUT2D eigenvalue weighted by Gasteiger charge is -2.12. The number of rotatable bonds is 4. The Morgan fingerprint density at radius 1 is 1.45 bits per heavy atom. The number of oxime groups is 1. The third-order valence-corrected chi connectivity index (χ3v) is 3.08. The number of amidine groups is 1. The number of pyridine rings is 1. The molecule has 0 saturated heterocycles. The molecule has 20 heavy (non-hydrogen) atoms. The van der Waals surface area contributed by atoms with E-state index in [1.54, 1.807) is 31.3 Å². The Kier molecular flexibility index (Phi) is 4.14. The van der Waals surface area contributed by atoms with Crippen molar-refractivity contribution in [2.75, 3.05) is 6.54 Å². The number of benzene rings is 1. The number of carbonyl (C=O) groups is 1. The van der Waals surface area contributed by atoms with Crippen LogP contribution in [0.2, 0.25) is 0 Å². The van der Waals surface area contributed by atoms with Crippen LogP contribution in [0.4, 0.5) is 0 Å². The fourth-order valence-corrected chi connectivity index (χ4v) is 1.85. The van der Waals surface area contributed by atoms with Crippen LogP contribution in [0.3, 0.4) is 0 Å². The van der Waals surface area contributed by atoms with Crippen LogP contribution in [-0.2, 0) is 0 Å². The molecule has 2 aromatic rings. The Labute approximate surface area is 116 Å². The zero-order chi connectivity index (χ0) is 14.5. The lowest BCUT2D eigenvalue weighted by atomic mass is 10.1. The number of hydrogen-bond acceptors (Lipinski definition) is 4. The van der Waals surface area contributed by atoms with Crippen LogP contribution in [0.1, 0.15) is 17.3 Å². The molecule has 104 valence electrons. The van der Waals surface area contributed by atoms with Crippen molar-refractivity contribution in [2.45, 2.75) is 6.92 Å².